The summed E-state index contributed by atoms with van der Waals surface area (Å²) in [6, 6.07) is 7.37. The Kier molecular flexibility index (Phi) is 4.97. The van der Waals surface area contributed by atoms with Gasteiger partial charge in [0.2, 0.25) is 5.91 Å². The van der Waals surface area contributed by atoms with Crippen LogP contribution in [-0.4, -0.2) is 44.5 Å². The molecule has 0 bridgehead atoms. The van der Waals surface area contributed by atoms with Crippen LogP contribution < -0.4 is 16.4 Å². The zero-order chi connectivity index (χ0) is 22.4. The number of benzene rings is 1. The van der Waals surface area contributed by atoms with Gasteiger partial charge in [-0.05, 0) is 36.5 Å². The quantitative estimate of drug-likeness (QED) is 0.563. The molecule has 2 fully saturated rings. The molecule has 3 heterocycles. The highest BCUT2D eigenvalue weighted by atomic mass is 35.5. The monoisotopic (exact) mass is 452 g/mol. The first-order valence-corrected chi connectivity index (χ1v) is 10.7. The number of nitrogens with zero attached hydrogens (tertiary/aromatic N) is 3. The third kappa shape index (κ3) is 3.64. The number of primary amides is 1. The first-order valence-electron chi connectivity index (χ1n) is 10.3. The summed E-state index contributed by atoms with van der Waals surface area (Å²) in [7, 11) is 0. The molecule has 1 aliphatic carbocycles. The van der Waals surface area contributed by atoms with Gasteiger partial charge in [0.25, 0.3) is 0 Å². The minimum atomic E-state index is -0.641. The van der Waals surface area contributed by atoms with Crippen molar-refractivity contribution in [2.75, 3.05) is 5.32 Å². The molecule has 5 rings (SSSR count). The van der Waals surface area contributed by atoms with Crippen molar-refractivity contribution in [2.45, 2.75) is 31.5 Å². The van der Waals surface area contributed by atoms with E-state index in [-0.39, 0.29) is 24.5 Å². The van der Waals surface area contributed by atoms with Crippen molar-refractivity contribution in [1.29, 1.82) is 0 Å². The maximum Gasteiger partial charge on any atom is 0.323 e. The van der Waals surface area contributed by atoms with Crippen LogP contribution in [0.1, 0.15) is 18.4 Å². The lowest BCUT2D eigenvalue weighted by molar-refractivity contribution is -0.125. The number of nitrogens with two attached hydrogens (primary N) is 1. The maximum atomic E-state index is 13.2. The Balaban J connectivity index is 1.32. The summed E-state index contributed by atoms with van der Waals surface area (Å²) in [5.41, 5.74) is 7.32. The standard InChI is InChI=1S/C22H21ClN6O3/c23-14-5-12(8-25-10-14)9-26-20(30)19-7-13-6-18(13)29(19)22(32)27-16-11-28(21(24)31)17-4-2-1-3-15(16)17/h1-5,8,10-11,13,18-19H,6-7,9H2,(H2,24,31)(H,26,30)(H,27,32)/t13?,18?,19-/m0/s1. The van der Waals surface area contributed by atoms with E-state index in [1.165, 1.54) is 17.0 Å². The smallest absolute Gasteiger partial charge is 0.323 e. The molecule has 1 saturated heterocycles. The predicted octanol–water partition coefficient (Wildman–Crippen LogP) is 2.93. The molecule has 10 heteroatoms. The van der Waals surface area contributed by atoms with E-state index in [2.05, 4.69) is 15.6 Å². The third-order valence-electron chi connectivity index (χ3n) is 6.06. The number of likely N-dealkylation sites (tertiary alicyclic amines) is 1. The second kappa shape index (κ2) is 7.83. The van der Waals surface area contributed by atoms with E-state index in [1.807, 2.05) is 6.07 Å². The fourth-order valence-corrected chi connectivity index (χ4v) is 4.68. The topological polar surface area (TPSA) is 122 Å². The molecule has 4 N–H and O–H groups in total. The molecule has 9 nitrogen and oxygen atoms in total. The van der Waals surface area contributed by atoms with Gasteiger partial charge >= 0.3 is 12.1 Å². The van der Waals surface area contributed by atoms with Crippen LogP contribution in [0.15, 0.2) is 48.9 Å². The fourth-order valence-electron chi connectivity index (χ4n) is 4.48. The van der Waals surface area contributed by atoms with Crippen LogP contribution in [0.25, 0.3) is 10.9 Å². The Hall–Kier alpha value is -3.59. The molecule has 0 radical (unpaired) electrons. The van der Waals surface area contributed by atoms with E-state index in [0.29, 0.717) is 34.0 Å². The van der Waals surface area contributed by atoms with E-state index in [9.17, 15) is 14.4 Å². The molecule has 4 amide bonds. The second-order valence-electron chi connectivity index (χ2n) is 8.15. The molecule has 3 aromatic rings. The lowest BCUT2D eigenvalue weighted by Crippen LogP contribution is -2.49. The van der Waals surface area contributed by atoms with Crippen molar-refractivity contribution in [1.82, 2.24) is 19.8 Å². The SMILES string of the molecule is NC(=O)n1cc(NC(=O)N2C3CC3C[C@H]2C(=O)NCc2cncc(Cl)c2)c2ccccc21. The molecule has 1 aliphatic heterocycles. The van der Waals surface area contributed by atoms with Gasteiger partial charge in [-0.3, -0.25) is 14.3 Å². The van der Waals surface area contributed by atoms with Crippen LogP contribution in [0.2, 0.25) is 5.02 Å². The first kappa shape index (κ1) is 20.3. The number of halogens is 1. The summed E-state index contributed by atoms with van der Waals surface area (Å²) >= 11 is 5.95. The van der Waals surface area contributed by atoms with Crippen molar-refractivity contribution in [3.8, 4) is 0 Å². The van der Waals surface area contributed by atoms with Gasteiger partial charge in [-0.25, -0.2) is 9.59 Å². The molecule has 2 aromatic heterocycles. The largest absolute Gasteiger partial charge is 0.351 e. The molecule has 32 heavy (non-hydrogen) atoms. The van der Waals surface area contributed by atoms with E-state index >= 15 is 0 Å². The van der Waals surface area contributed by atoms with E-state index in [4.69, 9.17) is 17.3 Å². The zero-order valence-electron chi connectivity index (χ0n) is 17.0. The number of carbonyl (C=O) groups excluding carboxylic acids is 3. The zero-order valence-corrected chi connectivity index (χ0v) is 17.7. The molecular weight excluding hydrogens is 432 g/mol. The van der Waals surface area contributed by atoms with Gasteiger partial charge in [-0.1, -0.05) is 29.8 Å². The van der Waals surface area contributed by atoms with Crippen LogP contribution in [0.5, 0.6) is 0 Å². The second-order valence-corrected chi connectivity index (χ2v) is 8.59. The molecule has 2 aliphatic rings. The van der Waals surface area contributed by atoms with Crippen LogP contribution >= 0.6 is 11.6 Å². The van der Waals surface area contributed by atoms with Crippen molar-refractivity contribution in [3.05, 3.63) is 59.5 Å². The number of nitrogens with one attached hydrogen (secondary N) is 2. The number of piperidine rings is 1. The summed E-state index contributed by atoms with van der Waals surface area (Å²) in [5, 5.41) is 6.95. The van der Waals surface area contributed by atoms with Gasteiger partial charge in [-0.2, -0.15) is 0 Å². The number of carbonyl (C=O) groups is 3. The Bertz CT molecular complexity index is 1240. The van der Waals surface area contributed by atoms with Gasteiger partial charge < -0.3 is 21.3 Å². The van der Waals surface area contributed by atoms with Crippen LogP contribution in [0.3, 0.4) is 0 Å². The number of rotatable bonds is 4. The summed E-state index contributed by atoms with van der Waals surface area (Å²) in [6.07, 6.45) is 6.18. The van der Waals surface area contributed by atoms with E-state index in [0.717, 1.165) is 12.0 Å². The molecule has 1 aromatic carbocycles. The number of fused-ring (bicyclic) bond motifs is 2. The molecular formula is C22H21ClN6O3. The average Bonchev–Trinajstić information content (AvgIpc) is 3.28. The van der Waals surface area contributed by atoms with Crippen molar-refractivity contribution < 1.29 is 14.4 Å². The van der Waals surface area contributed by atoms with Gasteiger partial charge in [0.15, 0.2) is 0 Å². The van der Waals surface area contributed by atoms with E-state index in [1.54, 1.807) is 35.4 Å². The number of para-hydroxylation sites is 1. The number of urea groups is 1. The number of amides is 4. The van der Waals surface area contributed by atoms with Gasteiger partial charge in [0.1, 0.15) is 6.04 Å². The summed E-state index contributed by atoms with van der Waals surface area (Å²) in [4.78, 5) is 43.5. The Morgan fingerprint density at radius 1 is 1.19 bits per heavy atom. The van der Waals surface area contributed by atoms with Crippen LogP contribution in [-0.2, 0) is 11.3 Å². The molecule has 0 spiro atoms. The molecule has 3 atom stereocenters. The average molecular weight is 453 g/mol. The van der Waals surface area contributed by atoms with Gasteiger partial charge in [0, 0.05) is 36.6 Å². The summed E-state index contributed by atoms with van der Waals surface area (Å²) in [6.45, 7) is 0.278. The number of pyridine rings is 1. The Labute approximate surface area is 188 Å². The lowest BCUT2D eigenvalue weighted by atomic mass is 10.1. The summed E-state index contributed by atoms with van der Waals surface area (Å²) < 4.78 is 1.29. The van der Waals surface area contributed by atoms with Crippen LogP contribution in [0.4, 0.5) is 15.3 Å². The Morgan fingerprint density at radius 2 is 2.00 bits per heavy atom. The van der Waals surface area contributed by atoms with E-state index < -0.39 is 12.1 Å². The maximum absolute atomic E-state index is 13.2. The molecule has 1 saturated carbocycles. The Morgan fingerprint density at radius 3 is 2.78 bits per heavy atom. The highest BCUT2D eigenvalue weighted by molar-refractivity contribution is 6.30. The molecule has 2 unspecified atom stereocenters. The number of hydrogen-bond acceptors (Lipinski definition) is 4. The number of anilines is 1. The number of aromatic nitrogens is 2. The number of hydrogen-bond donors (Lipinski definition) is 3. The lowest BCUT2D eigenvalue weighted by Gasteiger charge is -2.27. The third-order valence-corrected chi connectivity index (χ3v) is 6.27. The molecule has 164 valence electrons. The van der Waals surface area contributed by atoms with Gasteiger partial charge in [-0.15, -0.1) is 0 Å². The fraction of sp³-hybridized carbons (Fsp3) is 0.273. The predicted molar refractivity (Wildman–Crippen MR) is 119 cm³/mol. The van der Waals surface area contributed by atoms with Crippen molar-refractivity contribution in [2.24, 2.45) is 11.7 Å². The van der Waals surface area contributed by atoms with Crippen molar-refractivity contribution >= 4 is 46.2 Å². The van der Waals surface area contributed by atoms with Crippen LogP contribution in [0, 0.1) is 5.92 Å². The highest BCUT2D eigenvalue weighted by Gasteiger charge is 2.56. The normalized spacial score (nSPS) is 21.3. The van der Waals surface area contributed by atoms with Crippen molar-refractivity contribution in [3.63, 3.8) is 0 Å². The minimum Gasteiger partial charge on any atom is -0.351 e. The first-order chi connectivity index (χ1) is 15.4. The highest BCUT2D eigenvalue weighted by Crippen LogP contribution is 2.48. The van der Waals surface area contributed by atoms with Gasteiger partial charge in [0.05, 0.1) is 16.2 Å². The summed E-state index contributed by atoms with van der Waals surface area (Å²) in [5.74, 6) is 0.114. The minimum absolute atomic E-state index is 0.0445.